The van der Waals surface area contributed by atoms with Crippen LogP contribution in [0, 0.1) is 5.92 Å². The number of carbonyl (C=O) groups is 1. The second-order valence-electron chi connectivity index (χ2n) is 4.97. The highest BCUT2D eigenvalue weighted by molar-refractivity contribution is 9.10. The SMILES string of the molecule is CCC(C)C(N)C(=O)N(C)CCOc1ccc(Br)cc1. The Balaban J connectivity index is 2.37. The Hall–Kier alpha value is -1.07. The summed E-state index contributed by atoms with van der Waals surface area (Å²) in [6.45, 7) is 5.01. The van der Waals surface area contributed by atoms with Crippen LogP contribution in [0.15, 0.2) is 28.7 Å². The van der Waals surface area contributed by atoms with Crippen molar-refractivity contribution >= 4 is 21.8 Å². The van der Waals surface area contributed by atoms with Crippen LogP contribution in [-0.4, -0.2) is 37.0 Å². The summed E-state index contributed by atoms with van der Waals surface area (Å²) in [4.78, 5) is 13.7. The first-order valence-electron chi connectivity index (χ1n) is 6.84. The number of hydrogen-bond donors (Lipinski definition) is 1. The fourth-order valence-electron chi connectivity index (χ4n) is 1.69. The second kappa shape index (κ2) is 8.27. The van der Waals surface area contributed by atoms with Gasteiger partial charge in [0.05, 0.1) is 12.6 Å². The third-order valence-electron chi connectivity index (χ3n) is 3.43. The zero-order valence-corrected chi connectivity index (χ0v) is 13.9. The average Bonchev–Trinajstić information content (AvgIpc) is 2.46. The lowest BCUT2D eigenvalue weighted by atomic mass is 9.99. The smallest absolute Gasteiger partial charge is 0.239 e. The largest absolute Gasteiger partial charge is 0.492 e. The van der Waals surface area contributed by atoms with Gasteiger partial charge >= 0.3 is 0 Å². The van der Waals surface area contributed by atoms with Crippen LogP contribution >= 0.6 is 15.9 Å². The molecule has 1 amide bonds. The van der Waals surface area contributed by atoms with Crippen LogP contribution < -0.4 is 10.5 Å². The normalized spacial score (nSPS) is 13.7. The molecule has 1 rings (SSSR count). The molecule has 0 aliphatic heterocycles. The van der Waals surface area contributed by atoms with Crippen LogP contribution in [-0.2, 0) is 4.79 Å². The van der Waals surface area contributed by atoms with Gasteiger partial charge in [-0.3, -0.25) is 4.79 Å². The Labute approximate surface area is 129 Å². The molecule has 0 heterocycles. The van der Waals surface area contributed by atoms with Crippen LogP contribution in [0.2, 0.25) is 0 Å². The van der Waals surface area contributed by atoms with Crippen molar-refractivity contribution in [3.05, 3.63) is 28.7 Å². The summed E-state index contributed by atoms with van der Waals surface area (Å²) >= 11 is 3.37. The van der Waals surface area contributed by atoms with Gasteiger partial charge in [-0.05, 0) is 30.2 Å². The van der Waals surface area contributed by atoms with E-state index in [0.29, 0.717) is 13.2 Å². The van der Waals surface area contributed by atoms with Crippen molar-refractivity contribution in [2.45, 2.75) is 26.3 Å². The molecule has 0 bridgehead atoms. The number of halogens is 1. The van der Waals surface area contributed by atoms with Gasteiger partial charge in [0.15, 0.2) is 0 Å². The number of nitrogens with two attached hydrogens (primary N) is 1. The Morgan fingerprint density at radius 3 is 2.55 bits per heavy atom. The lowest BCUT2D eigenvalue weighted by molar-refractivity contribution is -0.132. The van der Waals surface area contributed by atoms with Gasteiger partial charge in [0.2, 0.25) is 5.91 Å². The third kappa shape index (κ3) is 5.13. The molecule has 20 heavy (non-hydrogen) atoms. The first-order valence-corrected chi connectivity index (χ1v) is 7.64. The summed E-state index contributed by atoms with van der Waals surface area (Å²) in [5.41, 5.74) is 5.93. The molecule has 2 unspecified atom stereocenters. The maximum atomic E-state index is 12.1. The number of nitrogens with zero attached hydrogens (tertiary/aromatic N) is 1. The van der Waals surface area contributed by atoms with Gasteiger partial charge in [-0.1, -0.05) is 36.2 Å². The van der Waals surface area contributed by atoms with E-state index in [0.717, 1.165) is 16.6 Å². The van der Waals surface area contributed by atoms with Gasteiger partial charge in [0.1, 0.15) is 12.4 Å². The van der Waals surface area contributed by atoms with Crippen molar-refractivity contribution in [3.8, 4) is 5.75 Å². The van der Waals surface area contributed by atoms with Crippen LogP contribution in [0.1, 0.15) is 20.3 Å². The summed E-state index contributed by atoms with van der Waals surface area (Å²) in [5.74, 6) is 0.955. The van der Waals surface area contributed by atoms with Crippen LogP contribution in [0.5, 0.6) is 5.75 Å². The standard InChI is InChI=1S/C15H23BrN2O2/c1-4-11(2)14(17)15(19)18(3)9-10-20-13-7-5-12(16)6-8-13/h5-8,11,14H,4,9-10,17H2,1-3H3. The van der Waals surface area contributed by atoms with Crippen LogP contribution in [0.3, 0.4) is 0 Å². The third-order valence-corrected chi connectivity index (χ3v) is 3.96. The number of rotatable bonds is 7. The van der Waals surface area contributed by atoms with E-state index in [1.54, 1.807) is 11.9 Å². The van der Waals surface area contributed by atoms with Crippen molar-refractivity contribution in [1.82, 2.24) is 4.90 Å². The quantitative estimate of drug-likeness (QED) is 0.828. The summed E-state index contributed by atoms with van der Waals surface area (Å²) in [6, 6.07) is 7.18. The van der Waals surface area contributed by atoms with Gasteiger partial charge in [-0.2, -0.15) is 0 Å². The van der Waals surface area contributed by atoms with Gasteiger partial charge in [0.25, 0.3) is 0 Å². The Kier molecular flexibility index (Phi) is 7.02. The van der Waals surface area contributed by atoms with Crippen LogP contribution in [0.25, 0.3) is 0 Å². The number of likely N-dealkylation sites (N-methyl/N-ethyl adjacent to an activating group) is 1. The van der Waals surface area contributed by atoms with Gasteiger partial charge in [0, 0.05) is 11.5 Å². The molecule has 1 aromatic rings. The molecule has 0 aliphatic rings. The molecule has 5 heteroatoms. The molecular weight excluding hydrogens is 320 g/mol. The number of amides is 1. The first-order chi connectivity index (χ1) is 9.45. The van der Waals surface area contributed by atoms with Crippen molar-refractivity contribution in [1.29, 1.82) is 0 Å². The fraction of sp³-hybridized carbons (Fsp3) is 0.533. The van der Waals surface area contributed by atoms with Crippen molar-refractivity contribution in [2.24, 2.45) is 11.7 Å². The highest BCUT2D eigenvalue weighted by atomic mass is 79.9. The van der Waals surface area contributed by atoms with Gasteiger partial charge in [-0.25, -0.2) is 0 Å². The van der Waals surface area contributed by atoms with Crippen LogP contribution in [0.4, 0.5) is 0 Å². The molecule has 112 valence electrons. The van der Waals surface area contributed by atoms with E-state index in [9.17, 15) is 4.79 Å². The Bertz CT molecular complexity index is 422. The first kappa shape index (κ1) is 17.0. The molecule has 0 saturated carbocycles. The minimum atomic E-state index is -0.433. The molecule has 0 aliphatic carbocycles. The van der Waals surface area contributed by atoms with E-state index in [4.69, 9.17) is 10.5 Å². The average molecular weight is 343 g/mol. The van der Waals surface area contributed by atoms with Crippen molar-refractivity contribution < 1.29 is 9.53 Å². The summed E-state index contributed by atoms with van der Waals surface area (Å²) in [5, 5.41) is 0. The maximum Gasteiger partial charge on any atom is 0.239 e. The number of benzene rings is 1. The van der Waals surface area contributed by atoms with Gasteiger partial charge < -0.3 is 15.4 Å². The maximum absolute atomic E-state index is 12.1. The van der Waals surface area contributed by atoms with E-state index < -0.39 is 6.04 Å². The monoisotopic (exact) mass is 342 g/mol. The fourth-order valence-corrected chi connectivity index (χ4v) is 1.96. The molecule has 2 atom stereocenters. The highest BCUT2D eigenvalue weighted by Gasteiger charge is 2.22. The topological polar surface area (TPSA) is 55.6 Å². The number of hydrogen-bond acceptors (Lipinski definition) is 3. The summed E-state index contributed by atoms with van der Waals surface area (Å²) in [6.07, 6.45) is 0.899. The summed E-state index contributed by atoms with van der Waals surface area (Å²) in [7, 11) is 1.76. The molecule has 0 saturated heterocycles. The molecular formula is C15H23BrN2O2. The number of carbonyl (C=O) groups excluding carboxylic acids is 1. The minimum Gasteiger partial charge on any atom is -0.492 e. The lowest BCUT2D eigenvalue weighted by Gasteiger charge is -2.24. The predicted octanol–water partition coefficient (Wildman–Crippen LogP) is 2.66. The van der Waals surface area contributed by atoms with E-state index in [1.807, 2.05) is 38.1 Å². The van der Waals surface area contributed by atoms with E-state index in [2.05, 4.69) is 15.9 Å². The molecule has 0 fully saturated rings. The zero-order valence-electron chi connectivity index (χ0n) is 12.3. The van der Waals surface area contributed by atoms with Gasteiger partial charge in [-0.15, -0.1) is 0 Å². The summed E-state index contributed by atoms with van der Waals surface area (Å²) < 4.78 is 6.60. The van der Waals surface area contributed by atoms with Crippen molar-refractivity contribution in [3.63, 3.8) is 0 Å². The molecule has 2 N–H and O–H groups in total. The zero-order chi connectivity index (χ0) is 15.1. The predicted molar refractivity (Wildman–Crippen MR) is 84.7 cm³/mol. The molecule has 0 aromatic heterocycles. The lowest BCUT2D eigenvalue weighted by Crippen LogP contribution is -2.46. The second-order valence-corrected chi connectivity index (χ2v) is 5.89. The van der Waals surface area contributed by atoms with E-state index >= 15 is 0 Å². The molecule has 1 aromatic carbocycles. The highest BCUT2D eigenvalue weighted by Crippen LogP contribution is 2.16. The molecule has 4 nitrogen and oxygen atoms in total. The molecule has 0 radical (unpaired) electrons. The Morgan fingerprint density at radius 2 is 2.00 bits per heavy atom. The van der Waals surface area contributed by atoms with Crippen molar-refractivity contribution in [2.75, 3.05) is 20.2 Å². The molecule has 0 spiro atoms. The van der Waals surface area contributed by atoms with E-state index in [1.165, 1.54) is 0 Å². The Morgan fingerprint density at radius 1 is 1.40 bits per heavy atom. The minimum absolute atomic E-state index is 0.0289. The van der Waals surface area contributed by atoms with E-state index in [-0.39, 0.29) is 11.8 Å². The number of ether oxygens (including phenoxy) is 1.